The molecule has 2 rings (SSSR count). The molecule has 0 aliphatic carbocycles. The average molecular weight is 370 g/mol. The second-order valence-electron chi connectivity index (χ2n) is 5.60. The summed E-state index contributed by atoms with van der Waals surface area (Å²) in [5.41, 5.74) is 7.54. The number of carbonyl (C=O) groups is 1. The lowest BCUT2D eigenvalue weighted by Crippen LogP contribution is -2.28. The molecule has 24 heavy (non-hydrogen) atoms. The fraction of sp³-hybridized carbons (Fsp3) is 0.412. The van der Waals surface area contributed by atoms with Crippen molar-refractivity contribution < 1.29 is 9.53 Å². The maximum absolute atomic E-state index is 12.1. The zero-order chi connectivity index (χ0) is 16.8. The van der Waals surface area contributed by atoms with E-state index < -0.39 is 0 Å². The van der Waals surface area contributed by atoms with Gasteiger partial charge in [-0.05, 0) is 5.92 Å². The number of ether oxygens (including phenoxy) is 1. The number of aromatic nitrogens is 1. The zero-order valence-corrected chi connectivity index (χ0v) is 15.7. The summed E-state index contributed by atoms with van der Waals surface area (Å²) in [6.07, 6.45) is -0.0438. The van der Waals surface area contributed by atoms with E-state index in [0.717, 1.165) is 16.1 Å². The normalized spacial score (nSPS) is 11.9. The Hall–Kier alpha value is -1.47. The second-order valence-corrected chi connectivity index (χ2v) is 6.63. The minimum absolute atomic E-state index is 0. The molecule has 1 atom stereocenters. The fourth-order valence-electron chi connectivity index (χ4n) is 2.22. The van der Waals surface area contributed by atoms with Crippen molar-refractivity contribution in [2.45, 2.75) is 32.3 Å². The third-order valence-corrected chi connectivity index (χ3v) is 4.75. The van der Waals surface area contributed by atoms with Crippen LogP contribution in [0.4, 0.5) is 5.13 Å². The molecular weight excluding hydrogens is 346 g/mol. The van der Waals surface area contributed by atoms with Crippen LogP contribution in [0.2, 0.25) is 0 Å². The molecule has 0 aliphatic heterocycles. The molecule has 0 fully saturated rings. The van der Waals surface area contributed by atoms with Crippen molar-refractivity contribution in [3.63, 3.8) is 0 Å². The summed E-state index contributed by atoms with van der Waals surface area (Å²) in [6.45, 7) is 4.57. The van der Waals surface area contributed by atoms with Gasteiger partial charge in [0.15, 0.2) is 5.13 Å². The Kier molecular flexibility index (Phi) is 8.35. The van der Waals surface area contributed by atoms with Gasteiger partial charge in [-0.1, -0.05) is 44.2 Å². The zero-order valence-electron chi connectivity index (χ0n) is 14.1. The van der Waals surface area contributed by atoms with Crippen molar-refractivity contribution >= 4 is 34.8 Å². The molecule has 0 spiro atoms. The van der Waals surface area contributed by atoms with Crippen molar-refractivity contribution in [2.24, 2.45) is 5.73 Å². The van der Waals surface area contributed by atoms with E-state index in [1.54, 1.807) is 7.11 Å². The van der Waals surface area contributed by atoms with E-state index in [4.69, 9.17) is 10.5 Å². The molecular formula is C17H24ClN3O2S. The lowest BCUT2D eigenvalue weighted by atomic mass is 10.1. The molecule has 1 unspecified atom stereocenters. The van der Waals surface area contributed by atoms with E-state index in [9.17, 15) is 4.79 Å². The van der Waals surface area contributed by atoms with Gasteiger partial charge >= 0.3 is 0 Å². The molecule has 1 aromatic heterocycles. The summed E-state index contributed by atoms with van der Waals surface area (Å²) >= 11 is 1.52. The molecule has 0 aliphatic rings. The highest BCUT2D eigenvalue weighted by Crippen LogP contribution is 2.36. The van der Waals surface area contributed by atoms with Gasteiger partial charge in [0, 0.05) is 24.1 Å². The molecule has 0 bridgehead atoms. The summed E-state index contributed by atoms with van der Waals surface area (Å²) in [5.74, 6) is 0.204. The van der Waals surface area contributed by atoms with Crippen LogP contribution in [0.3, 0.4) is 0 Å². The Morgan fingerprint density at radius 3 is 2.54 bits per heavy atom. The molecule has 0 radical (unpaired) electrons. The van der Waals surface area contributed by atoms with Crippen LogP contribution in [0.15, 0.2) is 30.3 Å². The first-order valence-corrected chi connectivity index (χ1v) is 8.45. The van der Waals surface area contributed by atoms with Crippen molar-refractivity contribution in [3.8, 4) is 11.3 Å². The number of carbonyl (C=O) groups excluding carboxylic acids is 1. The van der Waals surface area contributed by atoms with E-state index in [2.05, 4.69) is 24.1 Å². The molecule has 132 valence electrons. The first-order valence-electron chi connectivity index (χ1n) is 7.64. The highest BCUT2D eigenvalue weighted by Gasteiger charge is 2.18. The van der Waals surface area contributed by atoms with Crippen molar-refractivity contribution in [2.75, 3.05) is 19.0 Å². The van der Waals surface area contributed by atoms with Crippen LogP contribution in [0.1, 0.15) is 31.1 Å². The van der Waals surface area contributed by atoms with E-state index in [-0.39, 0.29) is 30.8 Å². The maximum Gasteiger partial charge on any atom is 0.228 e. The van der Waals surface area contributed by atoms with Crippen LogP contribution in [-0.2, 0) is 9.53 Å². The van der Waals surface area contributed by atoms with E-state index >= 15 is 0 Å². The highest BCUT2D eigenvalue weighted by atomic mass is 35.5. The first kappa shape index (κ1) is 20.6. The Labute approximate surface area is 153 Å². The Bertz CT molecular complexity index is 643. The lowest BCUT2D eigenvalue weighted by Gasteiger charge is -2.11. The third-order valence-electron chi connectivity index (χ3n) is 3.48. The minimum Gasteiger partial charge on any atom is -0.380 e. The largest absolute Gasteiger partial charge is 0.380 e. The number of nitrogens with zero attached hydrogens (tertiary/aromatic N) is 1. The van der Waals surface area contributed by atoms with Gasteiger partial charge in [0.05, 0.1) is 18.2 Å². The summed E-state index contributed by atoms with van der Waals surface area (Å²) in [4.78, 5) is 17.9. The van der Waals surface area contributed by atoms with E-state index in [1.165, 1.54) is 11.3 Å². The van der Waals surface area contributed by atoms with Crippen molar-refractivity contribution in [1.29, 1.82) is 0 Å². The molecule has 1 heterocycles. The number of methoxy groups -OCH3 is 1. The number of thiazole rings is 1. The first-order chi connectivity index (χ1) is 11.0. The van der Waals surface area contributed by atoms with E-state index in [1.807, 2.05) is 30.3 Å². The van der Waals surface area contributed by atoms with Gasteiger partial charge in [0.1, 0.15) is 0 Å². The van der Waals surface area contributed by atoms with Crippen LogP contribution in [0.5, 0.6) is 0 Å². The topological polar surface area (TPSA) is 77.2 Å². The van der Waals surface area contributed by atoms with Crippen LogP contribution < -0.4 is 11.1 Å². The highest BCUT2D eigenvalue weighted by molar-refractivity contribution is 7.16. The van der Waals surface area contributed by atoms with Gasteiger partial charge in [-0.3, -0.25) is 4.79 Å². The number of benzene rings is 1. The van der Waals surface area contributed by atoms with Gasteiger partial charge in [-0.25, -0.2) is 4.98 Å². The number of hydrogen-bond acceptors (Lipinski definition) is 5. The molecule has 5 nitrogen and oxygen atoms in total. The number of rotatable bonds is 7. The average Bonchev–Trinajstić information content (AvgIpc) is 2.97. The number of nitrogens with one attached hydrogen (secondary N) is 1. The van der Waals surface area contributed by atoms with E-state index in [0.29, 0.717) is 17.6 Å². The summed E-state index contributed by atoms with van der Waals surface area (Å²) < 4.78 is 5.14. The van der Waals surface area contributed by atoms with Crippen molar-refractivity contribution in [3.05, 3.63) is 35.2 Å². The van der Waals surface area contributed by atoms with Gasteiger partial charge in [0.2, 0.25) is 5.91 Å². The fourth-order valence-corrected chi connectivity index (χ4v) is 3.23. The molecule has 2 aromatic rings. The lowest BCUT2D eigenvalue weighted by molar-refractivity contribution is -0.118. The number of nitrogens with two attached hydrogens (primary N) is 1. The number of amides is 1. The predicted molar refractivity (Wildman–Crippen MR) is 102 cm³/mol. The Balaban J connectivity index is 0.00000288. The third kappa shape index (κ3) is 5.27. The van der Waals surface area contributed by atoms with Crippen LogP contribution >= 0.6 is 23.7 Å². The van der Waals surface area contributed by atoms with Gasteiger partial charge in [-0.15, -0.1) is 23.7 Å². The Morgan fingerprint density at radius 2 is 2.00 bits per heavy atom. The monoisotopic (exact) mass is 369 g/mol. The predicted octanol–water partition coefficient (Wildman–Crippen LogP) is 3.66. The number of halogens is 1. The second kappa shape index (κ2) is 9.74. The summed E-state index contributed by atoms with van der Waals surface area (Å²) in [7, 11) is 1.55. The van der Waals surface area contributed by atoms with Gasteiger partial charge < -0.3 is 15.8 Å². The van der Waals surface area contributed by atoms with Gasteiger partial charge in [0.25, 0.3) is 0 Å². The number of anilines is 1. The molecule has 0 saturated heterocycles. The van der Waals surface area contributed by atoms with Gasteiger partial charge in [-0.2, -0.15) is 0 Å². The van der Waals surface area contributed by atoms with Crippen molar-refractivity contribution in [1.82, 2.24) is 4.98 Å². The Morgan fingerprint density at radius 1 is 1.33 bits per heavy atom. The molecule has 1 aromatic carbocycles. The van der Waals surface area contributed by atoms with Crippen LogP contribution in [0.25, 0.3) is 11.3 Å². The quantitative estimate of drug-likeness (QED) is 0.780. The standard InChI is InChI=1S/C17H23N3O2S.ClH/c1-11(2)16-15(12-7-5-4-6-8-12)20-17(23-16)19-14(21)9-13(10-18)22-3;/h4-8,11,13H,9-10,18H2,1-3H3,(H,19,20,21);1H. The smallest absolute Gasteiger partial charge is 0.228 e. The maximum atomic E-state index is 12.1. The minimum atomic E-state index is -0.270. The van der Waals surface area contributed by atoms with Crippen LogP contribution in [-0.4, -0.2) is 30.6 Å². The number of hydrogen-bond donors (Lipinski definition) is 2. The molecule has 1 amide bonds. The molecule has 3 N–H and O–H groups in total. The molecule has 7 heteroatoms. The molecule has 0 saturated carbocycles. The van der Waals surface area contributed by atoms with Crippen LogP contribution in [0, 0.1) is 0 Å². The summed E-state index contributed by atoms with van der Waals surface area (Å²) in [6, 6.07) is 10.0. The summed E-state index contributed by atoms with van der Waals surface area (Å²) in [5, 5.41) is 3.47. The SMILES string of the molecule is COC(CN)CC(=O)Nc1nc(-c2ccccc2)c(C(C)C)s1.Cl.